The van der Waals surface area contributed by atoms with Gasteiger partial charge in [0.1, 0.15) is 0 Å². The molecule has 1 aromatic rings. The number of carbonyl (C=O) groups is 1. The first-order chi connectivity index (χ1) is 7.72. The highest BCUT2D eigenvalue weighted by Crippen LogP contribution is 2.09. The Hall–Kier alpha value is -1.07. The van der Waals surface area contributed by atoms with Crippen molar-refractivity contribution in [2.75, 3.05) is 13.2 Å². The molecule has 0 atom stereocenters. The summed E-state index contributed by atoms with van der Waals surface area (Å²) in [6, 6.07) is 8.05. The van der Waals surface area contributed by atoms with E-state index >= 15 is 0 Å². The molecule has 0 aliphatic heterocycles. The number of benzene rings is 1. The maximum absolute atomic E-state index is 10.1. The average molecular weight is 288 g/mol. The summed E-state index contributed by atoms with van der Waals surface area (Å²) >= 11 is 3.38. The zero-order valence-corrected chi connectivity index (χ0v) is 10.4. The fourth-order valence-corrected chi connectivity index (χ4v) is 1.57. The van der Waals surface area contributed by atoms with Crippen molar-refractivity contribution in [2.24, 2.45) is 0 Å². The van der Waals surface area contributed by atoms with Gasteiger partial charge in [-0.25, -0.2) is 4.79 Å². The normalized spacial score (nSPS) is 10.1. The average Bonchev–Trinajstić information content (AvgIpc) is 2.28. The van der Waals surface area contributed by atoms with Gasteiger partial charge in [0, 0.05) is 11.9 Å². The minimum atomic E-state index is -1.02. The third-order valence-corrected chi connectivity index (χ3v) is 2.58. The number of amides is 1. The summed E-state index contributed by atoms with van der Waals surface area (Å²) in [6.07, 6.45) is -1.02. The number of hydrogen-bond donors (Lipinski definition) is 2. The number of halogens is 1. The van der Waals surface area contributed by atoms with Crippen LogP contribution < -0.4 is 5.32 Å². The van der Waals surface area contributed by atoms with Crippen LogP contribution in [0.5, 0.6) is 0 Å². The minimum Gasteiger partial charge on any atom is -0.465 e. The van der Waals surface area contributed by atoms with Gasteiger partial charge in [0.2, 0.25) is 0 Å². The predicted octanol–water partition coefficient (Wildman–Crippen LogP) is 2.37. The lowest BCUT2D eigenvalue weighted by Crippen LogP contribution is -2.25. The smallest absolute Gasteiger partial charge is 0.404 e. The molecule has 0 radical (unpaired) electrons. The predicted molar refractivity (Wildman–Crippen MR) is 64.8 cm³/mol. The van der Waals surface area contributed by atoms with Crippen molar-refractivity contribution in [2.45, 2.75) is 11.9 Å². The maximum atomic E-state index is 10.1. The molecule has 4 nitrogen and oxygen atoms in total. The Morgan fingerprint density at radius 2 is 2.19 bits per heavy atom. The topological polar surface area (TPSA) is 58.6 Å². The molecule has 0 bridgehead atoms. The Kier molecular flexibility index (Phi) is 5.88. The zero-order chi connectivity index (χ0) is 11.8. The van der Waals surface area contributed by atoms with E-state index in [0.717, 1.165) is 10.9 Å². The molecular formula is C11H14BrNO3. The fraction of sp³-hybridized carbons (Fsp3) is 0.364. The monoisotopic (exact) mass is 287 g/mol. The van der Waals surface area contributed by atoms with E-state index in [1.807, 2.05) is 18.2 Å². The van der Waals surface area contributed by atoms with E-state index < -0.39 is 6.09 Å². The lowest BCUT2D eigenvalue weighted by atomic mass is 10.1. The lowest BCUT2D eigenvalue weighted by molar-refractivity contribution is 0.120. The van der Waals surface area contributed by atoms with Gasteiger partial charge in [0.15, 0.2) is 0 Å². The number of nitrogens with one attached hydrogen (secondary N) is 1. The highest BCUT2D eigenvalue weighted by molar-refractivity contribution is 9.08. The highest BCUT2D eigenvalue weighted by Gasteiger charge is 1.96. The van der Waals surface area contributed by atoms with Crippen LogP contribution in [0.3, 0.4) is 0 Å². The molecule has 0 aliphatic rings. The van der Waals surface area contributed by atoms with Gasteiger partial charge in [0.25, 0.3) is 0 Å². The Morgan fingerprint density at radius 3 is 2.88 bits per heavy atom. The second kappa shape index (κ2) is 7.24. The second-order valence-electron chi connectivity index (χ2n) is 3.24. The van der Waals surface area contributed by atoms with Crippen molar-refractivity contribution in [3.05, 3.63) is 35.4 Å². The summed E-state index contributed by atoms with van der Waals surface area (Å²) in [5.74, 6) is 0. The van der Waals surface area contributed by atoms with E-state index in [-0.39, 0.29) is 0 Å². The molecule has 0 saturated heterocycles. The molecule has 5 heteroatoms. The molecule has 0 fully saturated rings. The van der Waals surface area contributed by atoms with Crippen molar-refractivity contribution in [3.8, 4) is 0 Å². The first kappa shape index (κ1) is 13.0. The van der Waals surface area contributed by atoms with Gasteiger partial charge in [-0.1, -0.05) is 40.2 Å². The highest BCUT2D eigenvalue weighted by atomic mass is 79.9. The fourth-order valence-electron chi connectivity index (χ4n) is 1.22. The van der Waals surface area contributed by atoms with Gasteiger partial charge in [-0.2, -0.15) is 0 Å². The summed E-state index contributed by atoms with van der Waals surface area (Å²) in [6.45, 7) is 1.19. The van der Waals surface area contributed by atoms with Gasteiger partial charge in [-0.3, -0.25) is 0 Å². The van der Waals surface area contributed by atoms with E-state index in [9.17, 15) is 4.79 Å². The molecular weight excluding hydrogens is 274 g/mol. The van der Waals surface area contributed by atoms with Crippen LogP contribution in [0.15, 0.2) is 24.3 Å². The van der Waals surface area contributed by atoms with Crippen LogP contribution in [-0.2, 0) is 16.7 Å². The second-order valence-corrected chi connectivity index (χ2v) is 3.80. The van der Waals surface area contributed by atoms with Crippen LogP contribution in [-0.4, -0.2) is 24.4 Å². The maximum Gasteiger partial charge on any atom is 0.404 e. The summed E-state index contributed by atoms with van der Waals surface area (Å²) in [7, 11) is 0. The van der Waals surface area contributed by atoms with Gasteiger partial charge in [-0.05, 0) is 11.1 Å². The number of carboxylic acid groups (broad SMARTS) is 1. The minimum absolute atomic E-state index is 0.313. The Balaban J connectivity index is 2.23. The van der Waals surface area contributed by atoms with Crippen LogP contribution in [0.4, 0.5) is 4.79 Å². The van der Waals surface area contributed by atoms with Crippen LogP contribution in [0, 0.1) is 0 Å². The van der Waals surface area contributed by atoms with E-state index in [1.54, 1.807) is 0 Å². The van der Waals surface area contributed by atoms with Gasteiger partial charge in [-0.15, -0.1) is 0 Å². The summed E-state index contributed by atoms with van der Waals surface area (Å²) in [5, 5.41) is 11.4. The van der Waals surface area contributed by atoms with Crippen LogP contribution >= 0.6 is 15.9 Å². The molecule has 0 aliphatic carbocycles. The quantitative estimate of drug-likeness (QED) is 0.624. The van der Waals surface area contributed by atoms with Gasteiger partial charge < -0.3 is 15.2 Å². The Morgan fingerprint density at radius 1 is 1.44 bits per heavy atom. The van der Waals surface area contributed by atoms with E-state index in [2.05, 4.69) is 27.3 Å². The van der Waals surface area contributed by atoms with Crippen molar-refractivity contribution in [1.82, 2.24) is 5.32 Å². The molecule has 0 spiro atoms. The number of ether oxygens (including phenoxy) is 1. The lowest BCUT2D eigenvalue weighted by Gasteiger charge is -2.05. The van der Waals surface area contributed by atoms with Crippen LogP contribution in [0.1, 0.15) is 11.1 Å². The standard InChI is InChI=1S/C11H14BrNO3/c12-7-9-2-1-3-10(6-9)8-16-5-4-13-11(14)15/h1-3,6,13H,4-5,7-8H2,(H,14,15). The third kappa shape index (κ3) is 5.14. The molecule has 2 N–H and O–H groups in total. The first-order valence-electron chi connectivity index (χ1n) is 4.90. The number of rotatable bonds is 6. The summed E-state index contributed by atoms with van der Waals surface area (Å²) in [4.78, 5) is 10.1. The largest absolute Gasteiger partial charge is 0.465 e. The third-order valence-electron chi connectivity index (χ3n) is 1.94. The Bertz CT molecular complexity index is 344. The Labute approximate surface area is 103 Å². The van der Waals surface area contributed by atoms with Gasteiger partial charge >= 0.3 is 6.09 Å². The van der Waals surface area contributed by atoms with E-state index in [1.165, 1.54) is 5.56 Å². The molecule has 1 rings (SSSR count). The molecule has 0 saturated carbocycles. The van der Waals surface area contributed by atoms with E-state index in [0.29, 0.717) is 19.8 Å². The summed E-state index contributed by atoms with van der Waals surface area (Å²) < 4.78 is 5.33. The first-order valence-corrected chi connectivity index (χ1v) is 6.03. The van der Waals surface area contributed by atoms with Crippen LogP contribution in [0.25, 0.3) is 0 Å². The molecule has 16 heavy (non-hydrogen) atoms. The van der Waals surface area contributed by atoms with Crippen molar-refractivity contribution < 1.29 is 14.6 Å². The van der Waals surface area contributed by atoms with Crippen molar-refractivity contribution in [3.63, 3.8) is 0 Å². The SMILES string of the molecule is O=C(O)NCCOCc1cccc(CBr)c1. The molecule has 1 aromatic carbocycles. The molecule has 88 valence electrons. The number of hydrogen-bond acceptors (Lipinski definition) is 2. The zero-order valence-electron chi connectivity index (χ0n) is 8.78. The van der Waals surface area contributed by atoms with E-state index in [4.69, 9.17) is 9.84 Å². The van der Waals surface area contributed by atoms with Crippen LogP contribution in [0.2, 0.25) is 0 Å². The molecule has 1 amide bonds. The van der Waals surface area contributed by atoms with Crippen molar-refractivity contribution >= 4 is 22.0 Å². The molecule has 0 aromatic heterocycles. The summed E-state index contributed by atoms with van der Waals surface area (Å²) in [5.41, 5.74) is 2.29. The van der Waals surface area contributed by atoms with Gasteiger partial charge in [0.05, 0.1) is 13.2 Å². The number of alkyl halides is 1. The van der Waals surface area contributed by atoms with Crippen molar-refractivity contribution in [1.29, 1.82) is 0 Å². The molecule has 0 heterocycles. The molecule has 0 unspecified atom stereocenters.